The summed E-state index contributed by atoms with van der Waals surface area (Å²) in [6.07, 6.45) is 1.77. The molecule has 0 radical (unpaired) electrons. The molecule has 6 rings (SSSR count). The Hall–Kier alpha value is -4.39. The molecule has 7 heteroatoms. The Kier molecular flexibility index (Phi) is 4.35. The molecule has 0 bridgehead atoms. The molecule has 168 valence electrons. The molecule has 0 fully saturated rings. The first-order valence-electron chi connectivity index (χ1n) is 11.0. The highest BCUT2D eigenvalue weighted by atomic mass is 19.1. The third-order valence-corrected chi connectivity index (χ3v) is 6.61. The van der Waals surface area contributed by atoms with Gasteiger partial charge >= 0.3 is 5.69 Å². The summed E-state index contributed by atoms with van der Waals surface area (Å²) in [4.78, 5) is 28.1. The van der Waals surface area contributed by atoms with Gasteiger partial charge in [0, 0.05) is 31.5 Å². The van der Waals surface area contributed by atoms with E-state index >= 15 is 4.39 Å². The molecule has 0 spiro atoms. The number of hydrogen-bond acceptors (Lipinski definition) is 3. The van der Waals surface area contributed by atoms with Gasteiger partial charge in [-0.05, 0) is 30.3 Å². The first-order chi connectivity index (χ1) is 16.5. The van der Waals surface area contributed by atoms with Crippen molar-refractivity contribution in [1.29, 1.82) is 0 Å². The minimum Gasteiger partial charge on any atom is -0.326 e. The van der Waals surface area contributed by atoms with Crippen LogP contribution >= 0.6 is 0 Å². The average Bonchev–Trinajstić information content (AvgIpc) is 3.27. The van der Waals surface area contributed by atoms with Gasteiger partial charge in [-0.2, -0.15) is 0 Å². The van der Waals surface area contributed by atoms with Crippen LogP contribution in [0.4, 0.5) is 15.8 Å². The minimum absolute atomic E-state index is 0.359. The molecule has 5 aromatic rings. The van der Waals surface area contributed by atoms with Gasteiger partial charge in [-0.3, -0.25) is 13.9 Å². The normalized spacial score (nSPS) is 14.8. The maximum Gasteiger partial charge on any atom is 0.331 e. The Morgan fingerprint density at radius 2 is 1.41 bits per heavy atom. The lowest BCUT2D eigenvalue weighted by Gasteiger charge is -2.40. The molecular weight excluding hydrogens is 431 g/mol. The number of fused-ring (bicyclic) bond motifs is 5. The van der Waals surface area contributed by atoms with Crippen LogP contribution in [0.1, 0.15) is 17.3 Å². The first-order valence-corrected chi connectivity index (χ1v) is 11.0. The van der Waals surface area contributed by atoms with Crippen LogP contribution in [0.15, 0.2) is 94.6 Å². The molecule has 3 aromatic carbocycles. The number of aromatic nitrogens is 3. The Labute approximate surface area is 194 Å². The molecule has 0 aliphatic carbocycles. The van der Waals surface area contributed by atoms with Crippen molar-refractivity contribution in [1.82, 2.24) is 13.7 Å². The summed E-state index contributed by atoms with van der Waals surface area (Å²) in [5, 5.41) is 0.408. The fraction of sp³-hybridized carbons (Fsp3) is 0.111. The van der Waals surface area contributed by atoms with E-state index in [1.54, 1.807) is 31.4 Å². The standard InChI is InChI=1S/C27H21FN4O2/c1-29-23-19(26(33)30(2)27(29)34)16-31-21-14-8-9-15-22(21)32(17-10-4-3-5-11-17)24(25(23)31)18-12-6-7-13-20(18)28/h3-16,24H,1-2H3. The van der Waals surface area contributed by atoms with Crippen LogP contribution in [-0.2, 0) is 14.1 Å². The Balaban J connectivity index is 1.83. The van der Waals surface area contributed by atoms with Crippen molar-refractivity contribution in [3.05, 3.63) is 123 Å². The van der Waals surface area contributed by atoms with Crippen LogP contribution in [0.5, 0.6) is 0 Å². The molecule has 0 saturated heterocycles. The van der Waals surface area contributed by atoms with Crippen LogP contribution in [0, 0.1) is 5.82 Å². The molecule has 3 heterocycles. The molecule has 1 atom stereocenters. The summed E-state index contributed by atoms with van der Waals surface area (Å²) >= 11 is 0. The quantitative estimate of drug-likeness (QED) is 0.399. The van der Waals surface area contributed by atoms with E-state index in [1.807, 2.05) is 59.2 Å². The van der Waals surface area contributed by atoms with E-state index in [9.17, 15) is 9.59 Å². The van der Waals surface area contributed by atoms with Crippen molar-refractivity contribution in [3.8, 4) is 5.69 Å². The molecular formula is C27H21FN4O2. The van der Waals surface area contributed by atoms with Gasteiger partial charge in [0.05, 0.1) is 28.0 Å². The summed E-state index contributed by atoms with van der Waals surface area (Å²) in [5.41, 5.74) is 3.40. The molecule has 0 amide bonds. The average molecular weight is 452 g/mol. The smallest absolute Gasteiger partial charge is 0.326 e. The second-order valence-corrected chi connectivity index (χ2v) is 8.47. The molecule has 1 aliphatic rings. The van der Waals surface area contributed by atoms with E-state index in [0.717, 1.165) is 21.6 Å². The third-order valence-electron chi connectivity index (χ3n) is 6.61. The molecule has 2 aromatic heterocycles. The van der Waals surface area contributed by atoms with E-state index in [-0.39, 0.29) is 11.4 Å². The number of para-hydroxylation sites is 3. The highest BCUT2D eigenvalue weighted by molar-refractivity contribution is 5.88. The summed E-state index contributed by atoms with van der Waals surface area (Å²) in [7, 11) is 3.12. The highest BCUT2D eigenvalue weighted by Gasteiger charge is 2.38. The Morgan fingerprint density at radius 3 is 2.15 bits per heavy atom. The van der Waals surface area contributed by atoms with Gasteiger partial charge in [0.1, 0.15) is 11.9 Å². The first kappa shape index (κ1) is 20.2. The fourth-order valence-electron chi connectivity index (χ4n) is 5.06. The number of halogens is 1. The number of anilines is 2. The summed E-state index contributed by atoms with van der Waals surface area (Å²) < 4.78 is 19.9. The van der Waals surface area contributed by atoms with Crippen LogP contribution in [0.25, 0.3) is 16.6 Å². The zero-order chi connectivity index (χ0) is 23.6. The molecule has 34 heavy (non-hydrogen) atoms. The van der Waals surface area contributed by atoms with Crippen molar-refractivity contribution >= 4 is 22.3 Å². The van der Waals surface area contributed by atoms with Crippen molar-refractivity contribution in [2.24, 2.45) is 14.1 Å². The highest BCUT2D eigenvalue weighted by Crippen LogP contribution is 2.48. The predicted molar refractivity (Wildman–Crippen MR) is 131 cm³/mol. The second kappa shape index (κ2) is 7.31. The topological polar surface area (TPSA) is 52.2 Å². The summed E-state index contributed by atoms with van der Waals surface area (Å²) in [6.45, 7) is 0. The lowest BCUT2D eigenvalue weighted by Crippen LogP contribution is -2.37. The monoisotopic (exact) mass is 452 g/mol. The lowest BCUT2D eigenvalue weighted by molar-refractivity contribution is 0.588. The largest absolute Gasteiger partial charge is 0.331 e. The number of benzene rings is 3. The van der Waals surface area contributed by atoms with Crippen molar-refractivity contribution in [2.75, 3.05) is 4.90 Å². The van der Waals surface area contributed by atoms with E-state index in [0.29, 0.717) is 22.2 Å². The van der Waals surface area contributed by atoms with E-state index < -0.39 is 11.7 Å². The zero-order valence-electron chi connectivity index (χ0n) is 18.6. The van der Waals surface area contributed by atoms with E-state index in [4.69, 9.17) is 0 Å². The van der Waals surface area contributed by atoms with Crippen LogP contribution in [0.3, 0.4) is 0 Å². The van der Waals surface area contributed by atoms with Gasteiger partial charge in [0.25, 0.3) is 5.56 Å². The van der Waals surface area contributed by atoms with Gasteiger partial charge in [-0.15, -0.1) is 0 Å². The van der Waals surface area contributed by atoms with Crippen LogP contribution < -0.4 is 16.1 Å². The SMILES string of the molecule is Cn1c(=O)c2cn3c(c2n(C)c1=O)C(c1ccccc1F)N(c1ccccc1)c1ccccc1-3. The second-order valence-electron chi connectivity index (χ2n) is 8.47. The zero-order valence-corrected chi connectivity index (χ0v) is 18.6. The number of hydrogen-bond donors (Lipinski definition) is 0. The molecule has 1 unspecified atom stereocenters. The minimum atomic E-state index is -0.617. The van der Waals surface area contributed by atoms with Crippen molar-refractivity contribution in [2.45, 2.75) is 6.04 Å². The van der Waals surface area contributed by atoms with Gasteiger partial charge in [-0.1, -0.05) is 48.5 Å². The van der Waals surface area contributed by atoms with Gasteiger partial charge in [-0.25, -0.2) is 9.18 Å². The molecule has 0 N–H and O–H groups in total. The van der Waals surface area contributed by atoms with Crippen molar-refractivity contribution < 1.29 is 4.39 Å². The lowest BCUT2D eigenvalue weighted by atomic mass is 9.95. The maximum atomic E-state index is 15.4. The van der Waals surface area contributed by atoms with Gasteiger partial charge in [0.15, 0.2) is 0 Å². The Morgan fingerprint density at radius 1 is 0.765 bits per heavy atom. The van der Waals surface area contributed by atoms with E-state index in [2.05, 4.69) is 4.90 Å². The Bertz CT molecular complexity index is 1700. The summed E-state index contributed by atoms with van der Waals surface area (Å²) in [6, 6.07) is 23.6. The molecule has 1 aliphatic heterocycles. The maximum absolute atomic E-state index is 15.4. The fourth-order valence-corrected chi connectivity index (χ4v) is 5.06. The predicted octanol–water partition coefficient (Wildman–Crippen LogP) is 4.41. The van der Waals surface area contributed by atoms with Crippen LogP contribution in [0.2, 0.25) is 0 Å². The van der Waals surface area contributed by atoms with Gasteiger partial charge < -0.3 is 9.47 Å². The van der Waals surface area contributed by atoms with Gasteiger partial charge in [0.2, 0.25) is 0 Å². The number of aryl methyl sites for hydroxylation is 1. The van der Waals surface area contributed by atoms with Crippen molar-refractivity contribution in [3.63, 3.8) is 0 Å². The van der Waals surface area contributed by atoms with Crippen LogP contribution in [-0.4, -0.2) is 13.7 Å². The third kappa shape index (κ3) is 2.67. The number of nitrogens with zero attached hydrogens (tertiary/aromatic N) is 4. The summed E-state index contributed by atoms with van der Waals surface area (Å²) in [5.74, 6) is -0.359. The molecule has 6 nitrogen and oxygen atoms in total. The van der Waals surface area contributed by atoms with E-state index in [1.165, 1.54) is 17.7 Å². The number of rotatable bonds is 2. The molecule has 0 saturated carbocycles.